The first-order chi connectivity index (χ1) is 9.54. The van der Waals surface area contributed by atoms with Crippen molar-refractivity contribution in [2.24, 2.45) is 0 Å². The highest BCUT2D eigenvalue weighted by molar-refractivity contribution is 9.10. The van der Waals surface area contributed by atoms with Gasteiger partial charge in [0.2, 0.25) is 0 Å². The standard InChI is InChI=1S/C14H20BrClN2O2/c1-18(8-9-20-2)7-3-6-17-14(19)12-10-11(16)4-5-13(12)15/h4-5,10H,3,6-9H2,1-2H3,(H,17,19). The summed E-state index contributed by atoms with van der Waals surface area (Å²) in [5.74, 6) is -0.112. The minimum atomic E-state index is -0.112. The quantitative estimate of drug-likeness (QED) is 0.722. The Balaban J connectivity index is 2.31. The van der Waals surface area contributed by atoms with Crippen LogP contribution in [-0.2, 0) is 4.74 Å². The second-order valence-corrected chi connectivity index (χ2v) is 5.82. The van der Waals surface area contributed by atoms with E-state index in [2.05, 4.69) is 26.1 Å². The van der Waals surface area contributed by atoms with Gasteiger partial charge in [0.15, 0.2) is 0 Å². The number of carbonyl (C=O) groups is 1. The van der Waals surface area contributed by atoms with Crippen molar-refractivity contribution >= 4 is 33.4 Å². The molecule has 1 amide bonds. The number of likely N-dealkylation sites (N-methyl/N-ethyl adjacent to an activating group) is 1. The molecule has 1 aromatic carbocycles. The SMILES string of the molecule is COCCN(C)CCCNC(=O)c1cc(Cl)ccc1Br. The molecule has 0 aliphatic heterocycles. The molecule has 112 valence electrons. The van der Waals surface area contributed by atoms with E-state index in [4.69, 9.17) is 16.3 Å². The fraction of sp³-hybridized carbons (Fsp3) is 0.500. The predicted octanol–water partition coefficient (Wildman–Crippen LogP) is 2.80. The largest absolute Gasteiger partial charge is 0.383 e. The molecule has 1 N–H and O–H groups in total. The summed E-state index contributed by atoms with van der Waals surface area (Å²) in [4.78, 5) is 14.2. The average molecular weight is 364 g/mol. The molecule has 0 heterocycles. The Morgan fingerprint density at radius 2 is 2.20 bits per heavy atom. The maximum absolute atomic E-state index is 12.0. The number of nitrogens with one attached hydrogen (secondary N) is 1. The number of carbonyl (C=O) groups excluding carboxylic acids is 1. The highest BCUT2D eigenvalue weighted by Gasteiger charge is 2.10. The summed E-state index contributed by atoms with van der Waals surface area (Å²) in [7, 11) is 3.73. The molecule has 0 bridgehead atoms. The lowest BCUT2D eigenvalue weighted by molar-refractivity contribution is 0.0950. The maximum atomic E-state index is 12.0. The minimum absolute atomic E-state index is 0.112. The zero-order valence-electron chi connectivity index (χ0n) is 11.8. The molecule has 1 rings (SSSR count). The lowest BCUT2D eigenvalue weighted by Crippen LogP contribution is -2.29. The van der Waals surface area contributed by atoms with Crippen molar-refractivity contribution in [2.45, 2.75) is 6.42 Å². The van der Waals surface area contributed by atoms with Crippen molar-refractivity contribution in [3.05, 3.63) is 33.3 Å². The van der Waals surface area contributed by atoms with Crippen LogP contribution in [0.15, 0.2) is 22.7 Å². The van der Waals surface area contributed by atoms with Gasteiger partial charge >= 0.3 is 0 Å². The van der Waals surface area contributed by atoms with Gasteiger partial charge in [-0.05, 0) is 54.1 Å². The number of hydrogen-bond acceptors (Lipinski definition) is 3. The van der Waals surface area contributed by atoms with E-state index in [0.717, 1.165) is 30.6 Å². The summed E-state index contributed by atoms with van der Waals surface area (Å²) < 4.78 is 5.76. The highest BCUT2D eigenvalue weighted by Crippen LogP contribution is 2.20. The second kappa shape index (κ2) is 9.34. The number of amides is 1. The van der Waals surface area contributed by atoms with Crippen molar-refractivity contribution in [3.63, 3.8) is 0 Å². The Labute approximate surface area is 133 Å². The smallest absolute Gasteiger partial charge is 0.252 e. The van der Waals surface area contributed by atoms with Crippen LogP contribution in [0.5, 0.6) is 0 Å². The van der Waals surface area contributed by atoms with Gasteiger partial charge in [-0.1, -0.05) is 11.6 Å². The van der Waals surface area contributed by atoms with Crippen LogP contribution < -0.4 is 5.32 Å². The monoisotopic (exact) mass is 362 g/mol. The lowest BCUT2D eigenvalue weighted by atomic mass is 10.2. The van der Waals surface area contributed by atoms with E-state index < -0.39 is 0 Å². The highest BCUT2D eigenvalue weighted by atomic mass is 79.9. The van der Waals surface area contributed by atoms with Gasteiger partial charge in [-0.3, -0.25) is 4.79 Å². The molecule has 4 nitrogen and oxygen atoms in total. The van der Waals surface area contributed by atoms with Crippen molar-refractivity contribution < 1.29 is 9.53 Å². The van der Waals surface area contributed by atoms with Crippen molar-refractivity contribution in [1.29, 1.82) is 0 Å². The van der Waals surface area contributed by atoms with Gasteiger partial charge in [0.1, 0.15) is 0 Å². The van der Waals surface area contributed by atoms with Gasteiger partial charge < -0.3 is 15.0 Å². The number of ether oxygens (including phenoxy) is 1. The molecule has 0 spiro atoms. The molecule has 0 fully saturated rings. The molecule has 0 atom stereocenters. The molecule has 6 heteroatoms. The van der Waals surface area contributed by atoms with E-state index in [9.17, 15) is 4.79 Å². The zero-order chi connectivity index (χ0) is 15.0. The molecule has 0 aromatic heterocycles. The van der Waals surface area contributed by atoms with Gasteiger partial charge in [-0.2, -0.15) is 0 Å². The number of halogens is 2. The Hall–Kier alpha value is -0.620. The summed E-state index contributed by atoms with van der Waals surface area (Å²) in [6, 6.07) is 5.18. The molecule has 1 aromatic rings. The predicted molar refractivity (Wildman–Crippen MR) is 85.5 cm³/mol. The third kappa shape index (κ3) is 6.22. The topological polar surface area (TPSA) is 41.6 Å². The van der Waals surface area contributed by atoms with E-state index >= 15 is 0 Å². The first-order valence-electron chi connectivity index (χ1n) is 6.45. The number of nitrogens with zero attached hydrogens (tertiary/aromatic N) is 1. The van der Waals surface area contributed by atoms with Crippen LogP contribution in [0.1, 0.15) is 16.8 Å². The summed E-state index contributed by atoms with van der Waals surface area (Å²) in [5.41, 5.74) is 0.560. The number of benzene rings is 1. The molecule has 20 heavy (non-hydrogen) atoms. The summed E-state index contributed by atoms with van der Waals surface area (Å²) >= 11 is 9.24. The molecule has 0 radical (unpaired) electrons. The lowest BCUT2D eigenvalue weighted by Gasteiger charge is -2.16. The zero-order valence-corrected chi connectivity index (χ0v) is 14.1. The number of methoxy groups -OCH3 is 1. The van der Waals surface area contributed by atoms with Gasteiger partial charge in [-0.15, -0.1) is 0 Å². The third-order valence-corrected chi connectivity index (χ3v) is 3.78. The van der Waals surface area contributed by atoms with Crippen molar-refractivity contribution in [2.75, 3.05) is 40.4 Å². The maximum Gasteiger partial charge on any atom is 0.252 e. The normalized spacial score (nSPS) is 10.8. The van der Waals surface area contributed by atoms with Crippen molar-refractivity contribution in [1.82, 2.24) is 10.2 Å². The van der Waals surface area contributed by atoms with Gasteiger partial charge in [0.05, 0.1) is 12.2 Å². The van der Waals surface area contributed by atoms with Crippen LogP contribution in [0.2, 0.25) is 5.02 Å². The second-order valence-electron chi connectivity index (χ2n) is 4.53. The Morgan fingerprint density at radius 3 is 2.90 bits per heavy atom. The fourth-order valence-electron chi connectivity index (χ4n) is 1.68. The van der Waals surface area contributed by atoms with Crippen LogP contribution in [0.25, 0.3) is 0 Å². The molecule has 0 saturated carbocycles. The number of rotatable bonds is 8. The van der Waals surface area contributed by atoms with Gasteiger partial charge in [0.25, 0.3) is 5.91 Å². The van der Waals surface area contributed by atoms with E-state index in [-0.39, 0.29) is 5.91 Å². The molecule has 0 aliphatic carbocycles. The molecule has 0 unspecified atom stereocenters. The summed E-state index contributed by atoms with van der Waals surface area (Å²) in [5, 5.41) is 3.45. The van der Waals surface area contributed by atoms with Crippen LogP contribution in [0.3, 0.4) is 0 Å². The Bertz CT molecular complexity index is 443. The van der Waals surface area contributed by atoms with E-state index in [1.807, 2.05) is 7.05 Å². The Morgan fingerprint density at radius 1 is 1.45 bits per heavy atom. The van der Waals surface area contributed by atoms with Crippen molar-refractivity contribution in [3.8, 4) is 0 Å². The summed E-state index contributed by atoms with van der Waals surface area (Å²) in [6.45, 7) is 3.16. The van der Waals surface area contributed by atoms with E-state index in [1.165, 1.54) is 0 Å². The van der Waals surface area contributed by atoms with Crippen LogP contribution >= 0.6 is 27.5 Å². The Kier molecular flexibility index (Phi) is 8.14. The molecule has 0 saturated heterocycles. The number of hydrogen-bond donors (Lipinski definition) is 1. The van der Waals surface area contributed by atoms with E-state index in [0.29, 0.717) is 17.1 Å². The van der Waals surface area contributed by atoms with Crippen LogP contribution in [-0.4, -0.2) is 51.2 Å². The molecular formula is C14H20BrClN2O2. The van der Waals surface area contributed by atoms with Crippen LogP contribution in [0.4, 0.5) is 0 Å². The third-order valence-electron chi connectivity index (χ3n) is 2.85. The molecular weight excluding hydrogens is 344 g/mol. The minimum Gasteiger partial charge on any atom is -0.383 e. The molecule has 0 aliphatic rings. The fourth-order valence-corrected chi connectivity index (χ4v) is 2.28. The first kappa shape index (κ1) is 17.4. The van der Waals surface area contributed by atoms with Crippen LogP contribution in [0, 0.1) is 0 Å². The average Bonchev–Trinajstić information content (AvgIpc) is 2.43. The van der Waals surface area contributed by atoms with Gasteiger partial charge in [0, 0.05) is 29.7 Å². The first-order valence-corrected chi connectivity index (χ1v) is 7.62. The van der Waals surface area contributed by atoms with Gasteiger partial charge in [-0.25, -0.2) is 0 Å². The summed E-state index contributed by atoms with van der Waals surface area (Å²) in [6.07, 6.45) is 0.893. The van der Waals surface area contributed by atoms with E-state index in [1.54, 1.807) is 25.3 Å².